The maximum absolute atomic E-state index is 12.4. The van der Waals surface area contributed by atoms with Gasteiger partial charge in [0.15, 0.2) is 0 Å². The number of carbonyl (C=O) groups excluding carboxylic acids is 1. The van der Waals surface area contributed by atoms with Crippen molar-refractivity contribution in [3.8, 4) is 11.1 Å². The molecule has 0 aliphatic heterocycles. The minimum Gasteiger partial charge on any atom is -0.400 e. The van der Waals surface area contributed by atoms with Gasteiger partial charge in [0.2, 0.25) is 5.91 Å². The zero-order valence-corrected chi connectivity index (χ0v) is 15.9. The number of aliphatic hydroxyl groups is 1. The largest absolute Gasteiger partial charge is 0.400 e. The van der Waals surface area contributed by atoms with E-state index < -0.39 is 0 Å². The Balaban J connectivity index is 0.00000151. The Kier molecular flexibility index (Phi) is 9.56. The molecular formula is C22H31NO2. The van der Waals surface area contributed by atoms with Gasteiger partial charge >= 0.3 is 0 Å². The molecule has 1 unspecified atom stereocenters. The minimum atomic E-state index is 0.248. The molecule has 0 saturated heterocycles. The highest BCUT2D eigenvalue weighted by Crippen LogP contribution is 2.24. The third-order valence-electron chi connectivity index (χ3n) is 4.30. The van der Waals surface area contributed by atoms with E-state index in [1.807, 2.05) is 17.9 Å². The molecule has 1 N–H and O–H groups in total. The van der Waals surface area contributed by atoms with Crippen molar-refractivity contribution < 1.29 is 9.90 Å². The van der Waals surface area contributed by atoms with Crippen molar-refractivity contribution >= 4 is 5.91 Å². The summed E-state index contributed by atoms with van der Waals surface area (Å²) in [6.07, 6.45) is 1.60. The maximum Gasteiger partial charge on any atom is 0.223 e. The SMILES string of the molecule is CCCN(CC)C(=O)CC(C)c1ccc(-c2ccccc2)cc1.CO. The highest BCUT2D eigenvalue weighted by molar-refractivity contribution is 5.77. The standard InChI is InChI=1S/C21H27NO.CH4O/c1-4-15-22(5-2)21(23)16-17(3)18-11-13-20(14-12-18)19-9-7-6-8-10-19;1-2/h6-14,17H,4-5,15-16H2,1-3H3;2H,1H3. The summed E-state index contributed by atoms with van der Waals surface area (Å²) in [5.74, 6) is 0.507. The molecule has 2 aromatic rings. The lowest BCUT2D eigenvalue weighted by molar-refractivity contribution is -0.131. The van der Waals surface area contributed by atoms with Gasteiger partial charge in [0.05, 0.1) is 0 Å². The molecule has 1 atom stereocenters. The van der Waals surface area contributed by atoms with Crippen LogP contribution in [0.1, 0.15) is 45.1 Å². The van der Waals surface area contributed by atoms with Gasteiger partial charge in [-0.1, -0.05) is 68.4 Å². The van der Waals surface area contributed by atoms with Crippen LogP contribution < -0.4 is 0 Å². The number of aliphatic hydroxyl groups excluding tert-OH is 1. The summed E-state index contributed by atoms with van der Waals surface area (Å²) in [6.45, 7) is 7.95. The van der Waals surface area contributed by atoms with Crippen molar-refractivity contribution in [2.24, 2.45) is 0 Å². The van der Waals surface area contributed by atoms with Gasteiger partial charge in [-0.3, -0.25) is 4.79 Å². The summed E-state index contributed by atoms with van der Waals surface area (Å²) >= 11 is 0. The average Bonchev–Trinajstić information content (AvgIpc) is 2.68. The highest BCUT2D eigenvalue weighted by Gasteiger charge is 2.16. The molecule has 3 nitrogen and oxygen atoms in total. The van der Waals surface area contributed by atoms with Crippen molar-refractivity contribution in [2.75, 3.05) is 20.2 Å². The Morgan fingerprint density at radius 1 is 0.960 bits per heavy atom. The van der Waals surface area contributed by atoms with E-state index in [9.17, 15) is 4.79 Å². The Morgan fingerprint density at radius 3 is 2.04 bits per heavy atom. The number of nitrogens with zero attached hydrogens (tertiary/aromatic N) is 1. The van der Waals surface area contributed by atoms with Crippen LogP contribution in [0.2, 0.25) is 0 Å². The van der Waals surface area contributed by atoms with Gasteiger partial charge in [-0.25, -0.2) is 0 Å². The monoisotopic (exact) mass is 341 g/mol. The van der Waals surface area contributed by atoms with Gasteiger partial charge in [0.25, 0.3) is 0 Å². The molecule has 0 spiro atoms. The summed E-state index contributed by atoms with van der Waals surface area (Å²) in [5.41, 5.74) is 3.67. The fraction of sp³-hybridized carbons (Fsp3) is 0.409. The topological polar surface area (TPSA) is 40.5 Å². The molecule has 0 aliphatic carbocycles. The second-order valence-corrected chi connectivity index (χ2v) is 6.07. The van der Waals surface area contributed by atoms with E-state index >= 15 is 0 Å². The van der Waals surface area contributed by atoms with Gasteiger partial charge in [-0.2, -0.15) is 0 Å². The minimum absolute atomic E-state index is 0.248. The first-order valence-electron chi connectivity index (χ1n) is 9.03. The number of carbonyl (C=O) groups is 1. The number of hydrogen-bond donors (Lipinski definition) is 1. The van der Waals surface area contributed by atoms with E-state index in [0.717, 1.165) is 26.6 Å². The molecule has 25 heavy (non-hydrogen) atoms. The van der Waals surface area contributed by atoms with E-state index in [1.165, 1.54) is 16.7 Å². The van der Waals surface area contributed by atoms with Crippen molar-refractivity contribution in [1.29, 1.82) is 0 Å². The Labute approximate surface area is 152 Å². The van der Waals surface area contributed by atoms with E-state index in [4.69, 9.17) is 5.11 Å². The number of amides is 1. The van der Waals surface area contributed by atoms with Crippen LogP contribution in [0.15, 0.2) is 54.6 Å². The molecule has 2 rings (SSSR count). The van der Waals surface area contributed by atoms with E-state index in [-0.39, 0.29) is 11.8 Å². The molecule has 0 heterocycles. The van der Waals surface area contributed by atoms with Crippen molar-refractivity contribution in [1.82, 2.24) is 4.90 Å². The maximum atomic E-state index is 12.4. The van der Waals surface area contributed by atoms with Gasteiger partial charge in [0.1, 0.15) is 0 Å². The fourth-order valence-electron chi connectivity index (χ4n) is 2.87. The number of hydrogen-bond acceptors (Lipinski definition) is 2. The van der Waals surface area contributed by atoms with Gasteiger partial charge in [-0.15, -0.1) is 0 Å². The smallest absolute Gasteiger partial charge is 0.223 e. The van der Waals surface area contributed by atoms with Gasteiger partial charge in [-0.05, 0) is 36.0 Å². The molecule has 136 valence electrons. The zero-order valence-electron chi connectivity index (χ0n) is 15.9. The Hall–Kier alpha value is -2.13. The molecule has 3 heteroatoms. The molecule has 0 radical (unpaired) electrons. The van der Waals surface area contributed by atoms with Crippen molar-refractivity contribution in [2.45, 2.75) is 39.5 Å². The van der Waals surface area contributed by atoms with Crippen LogP contribution in [0.5, 0.6) is 0 Å². The van der Waals surface area contributed by atoms with Crippen LogP contribution >= 0.6 is 0 Å². The predicted octanol–water partition coefficient (Wildman–Crippen LogP) is 4.71. The van der Waals surface area contributed by atoms with E-state index in [1.54, 1.807) is 0 Å². The third kappa shape index (κ3) is 6.35. The van der Waals surface area contributed by atoms with Crippen LogP contribution in [0.25, 0.3) is 11.1 Å². The van der Waals surface area contributed by atoms with Crippen LogP contribution in [0, 0.1) is 0 Å². The molecule has 2 aromatic carbocycles. The van der Waals surface area contributed by atoms with Crippen LogP contribution in [0.3, 0.4) is 0 Å². The lowest BCUT2D eigenvalue weighted by Gasteiger charge is -2.22. The quantitative estimate of drug-likeness (QED) is 0.792. The average molecular weight is 341 g/mol. The van der Waals surface area contributed by atoms with Crippen molar-refractivity contribution in [3.63, 3.8) is 0 Å². The van der Waals surface area contributed by atoms with Crippen LogP contribution in [0.4, 0.5) is 0 Å². The molecule has 0 saturated carbocycles. The lowest BCUT2D eigenvalue weighted by atomic mass is 9.94. The summed E-state index contributed by atoms with van der Waals surface area (Å²) < 4.78 is 0. The predicted molar refractivity (Wildman–Crippen MR) is 106 cm³/mol. The van der Waals surface area contributed by atoms with E-state index in [0.29, 0.717) is 6.42 Å². The highest BCUT2D eigenvalue weighted by atomic mass is 16.2. The second kappa shape index (κ2) is 11.4. The second-order valence-electron chi connectivity index (χ2n) is 6.07. The first kappa shape index (κ1) is 20.9. The third-order valence-corrected chi connectivity index (χ3v) is 4.30. The number of benzene rings is 2. The summed E-state index contributed by atoms with van der Waals surface area (Å²) in [4.78, 5) is 14.3. The molecule has 0 bridgehead atoms. The summed E-state index contributed by atoms with van der Waals surface area (Å²) in [6, 6.07) is 19.0. The first-order chi connectivity index (χ1) is 12.2. The Morgan fingerprint density at radius 2 is 1.52 bits per heavy atom. The van der Waals surface area contributed by atoms with Crippen LogP contribution in [-0.2, 0) is 4.79 Å². The fourth-order valence-corrected chi connectivity index (χ4v) is 2.87. The molecule has 0 aromatic heterocycles. The molecule has 0 fully saturated rings. The van der Waals surface area contributed by atoms with E-state index in [2.05, 4.69) is 62.4 Å². The van der Waals surface area contributed by atoms with Crippen molar-refractivity contribution in [3.05, 3.63) is 60.2 Å². The summed E-state index contributed by atoms with van der Waals surface area (Å²) in [7, 11) is 1.00. The normalized spacial score (nSPS) is 11.2. The summed E-state index contributed by atoms with van der Waals surface area (Å²) in [5, 5.41) is 7.00. The lowest BCUT2D eigenvalue weighted by Crippen LogP contribution is -2.32. The Bertz CT molecular complexity index is 608. The molecule has 0 aliphatic rings. The van der Waals surface area contributed by atoms with Gasteiger partial charge in [0, 0.05) is 26.6 Å². The number of rotatable bonds is 7. The van der Waals surface area contributed by atoms with Crippen LogP contribution in [-0.4, -0.2) is 36.1 Å². The first-order valence-corrected chi connectivity index (χ1v) is 9.03. The molecular weight excluding hydrogens is 310 g/mol. The van der Waals surface area contributed by atoms with Gasteiger partial charge < -0.3 is 10.0 Å². The zero-order chi connectivity index (χ0) is 18.7. The molecule has 1 amide bonds.